The van der Waals surface area contributed by atoms with Gasteiger partial charge in [0.25, 0.3) is 0 Å². The first-order chi connectivity index (χ1) is 7.43. The average molecular weight is 226 g/mol. The van der Waals surface area contributed by atoms with Crippen molar-refractivity contribution in [3.05, 3.63) is 12.2 Å². The maximum Gasteiger partial charge on any atom is 0.0309 e. The second-order valence-electron chi connectivity index (χ2n) is 4.97. The first-order valence-electron chi connectivity index (χ1n) is 6.52. The van der Waals surface area contributed by atoms with Gasteiger partial charge in [0.2, 0.25) is 0 Å². The Morgan fingerprint density at radius 2 is 1.75 bits per heavy atom. The molecule has 1 N–H and O–H groups in total. The molecule has 0 aromatic rings. The van der Waals surface area contributed by atoms with Gasteiger partial charge in [0.15, 0.2) is 0 Å². The first kappa shape index (κ1) is 15.7. The van der Waals surface area contributed by atoms with Crippen LogP contribution >= 0.6 is 0 Å². The van der Waals surface area contributed by atoms with Gasteiger partial charge in [-0.25, -0.2) is 0 Å². The van der Waals surface area contributed by atoms with Crippen LogP contribution in [0.5, 0.6) is 0 Å². The number of nitrogens with one attached hydrogen (secondary N) is 1. The van der Waals surface area contributed by atoms with Gasteiger partial charge in [-0.1, -0.05) is 32.9 Å². The topological polar surface area (TPSA) is 15.3 Å². The van der Waals surface area contributed by atoms with E-state index < -0.39 is 0 Å². The van der Waals surface area contributed by atoms with Crippen LogP contribution in [0.25, 0.3) is 0 Å². The molecule has 1 atom stereocenters. The normalized spacial score (nSPS) is 14.2. The Balaban J connectivity index is 4.70. The van der Waals surface area contributed by atoms with Crippen LogP contribution in [-0.4, -0.2) is 36.6 Å². The molecule has 0 aliphatic heterocycles. The van der Waals surface area contributed by atoms with Crippen molar-refractivity contribution in [1.29, 1.82) is 0 Å². The summed E-state index contributed by atoms with van der Waals surface area (Å²) in [6.45, 7) is 17.6. The van der Waals surface area contributed by atoms with E-state index in [1.54, 1.807) is 0 Å². The second-order valence-corrected chi connectivity index (χ2v) is 4.97. The Labute approximate surface area is 102 Å². The largest absolute Gasteiger partial charge is 0.315 e. The molecule has 0 aliphatic carbocycles. The Kier molecular flexibility index (Phi) is 6.93. The molecule has 2 nitrogen and oxygen atoms in total. The predicted octanol–water partition coefficient (Wildman–Crippen LogP) is 3.05. The highest BCUT2D eigenvalue weighted by molar-refractivity contribution is 5.03. The molecule has 0 heterocycles. The van der Waals surface area contributed by atoms with E-state index in [1.165, 1.54) is 5.57 Å². The molecule has 0 spiro atoms. The van der Waals surface area contributed by atoms with Gasteiger partial charge in [0.05, 0.1) is 0 Å². The summed E-state index contributed by atoms with van der Waals surface area (Å²) in [5.41, 5.74) is 1.51. The van der Waals surface area contributed by atoms with Crippen molar-refractivity contribution in [2.24, 2.45) is 0 Å². The molecule has 16 heavy (non-hydrogen) atoms. The van der Waals surface area contributed by atoms with Crippen molar-refractivity contribution < 1.29 is 0 Å². The van der Waals surface area contributed by atoms with Crippen molar-refractivity contribution in [3.63, 3.8) is 0 Å². The van der Waals surface area contributed by atoms with E-state index in [2.05, 4.69) is 58.5 Å². The zero-order valence-corrected chi connectivity index (χ0v) is 12.1. The van der Waals surface area contributed by atoms with Crippen LogP contribution in [0.2, 0.25) is 0 Å². The van der Waals surface area contributed by atoms with Gasteiger partial charge in [-0.05, 0) is 46.8 Å². The molecule has 0 amide bonds. The average Bonchev–Trinajstić information content (AvgIpc) is 2.26. The molecule has 0 saturated carbocycles. The zero-order chi connectivity index (χ0) is 12.8. The van der Waals surface area contributed by atoms with Crippen LogP contribution in [0.4, 0.5) is 0 Å². The molecular formula is C14H30N2. The molecule has 0 aliphatic rings. The Morgan fingerprint density at radius 1 is 1.25 bits per heavy atom. The van der Waals surface area contributed by atoms with E-state index in [4.69, 9.17) is 0 Å². The third-order valence-corrected chi connectivity index (χ3v) is 3.77. The highest BCUT2D eigenvalue weighted by Crippen LogP contribution is 2.23. The lowest BCUT2D eigenvalue weighted by molar-refractivity contribution is 0.0941. The smallest absolute Gasteiger partial charge is 0.0309 e. The lowest BCUT2D eigenvalue weighted by Crippen LogP contribution is -2.57. The monoisotopic (exact) mass is 226 g/mol. The van der Waals surface area contributed by atoms with E-state index in [0.29, 0.717) is 6.04 Å². The molecule has 0 saturated heterocycles. The minimum atomic E-state index is 0.177. The van der Waals surface area contributed by atoms with Crippen molar-refractivity contribution in [2.45, 2.75) is 59.0 Å². The van der Waals surface area contributed by atoms with Crippen molar-refractivity contribution in [3.8, 4) is 0 Å². The zero-order valence-electron chi connectivity index (χ0n) is 12.1. The summed E-state index contributed by atoms with van der Waals surface area (Å²) in [5, 5.41) is 3.45. The molecule has 0 fully saturated rings. The van der Waals surface area contributed by atoms with Crippen LogP contribution in [0.15, 0.2) is 12.2 Å². The van der Waals surface area contributed by atoms with Crippen LogP contribution in [-0.2, 0) is 0 Å². The number of likely N-dealkylation sites (N-methyl/N-ethyl adjacent to an activating group) is 2. The number of rotatable bonds is 8. The highest BCUT2D eigenvalue weighted by Gasteiger charge is 2.32. The van der Waals surface area contributed by atoms with Crippen molar-refractivity contribution in [1.82, 2.24) is 10.2 Å². The fourth-order valence-corrected chi connectivity index (χ4v) is 2.40. The SMILES string of the molecule is C=C(CC)CC(NC)C(C)(C)N(CC)CC. The maximum absolute atomic E-state index is 4.13. The third-order valence-electron chi connectivity index (χ3n) is 3.77. The van der Waals surface area contributed by atoms with Gasteiger partial charge in [-0.3, -0.25) is 4.90 Å². The Bertz CT molecular complexity index is 205. The molecule has 0 aromatic carbocycles. The third kappa shape index (κ3) is 3.91. The predicted molar refractivity (Wildman–Crippen MR) is 73.9 cm³/mol. The minimum Gasteiger partial charge on any atom is -0.315 e. The van der Waals surface area contributed by atoms with Crippen molar-refractivity contribution in [2.75, 3.05) is 20.1 Å². The lowest BCUT2D eigenvalue weighted by Gasteiger charge is -2.43. The quantitative estimate of drug-likeness (QED) is 0.640. The van der Waals surface area contributed by atoms with Crippen LogP contribution in [0.1, 0.15) is 47.5 Å². The maximum atomic E-state index is 4.13. The standard InChI is InChI=1S/C14H30N2/c1-8-12(4)11-13(15-7)14(5,6)16(9-2)10-3/h13,15H,4,8-11H2,1-3,5-7H3. The van der Waals surface area contributed by atoms with E-state index in [9.17, 15) is 0 Å². The van der Waals surface area contributed by atoms with E-state index in [0.717, 1.165) is 25.9 Å². The van der Waals surface area contributed by atoms with Gasteiger partial charge in [-0.2, -0.15) is 0 Å². The molecular weight excluding hydrogens is 196 g/mol. The summed E-state index contributed by atoms with van der Waals surface area (Å²) >= 11 is 0. The molecule has 96 valence electrons. The van der Waals surface area contributed by atoms with Gasteiger partial charge < -0.3 is 5.32 Å². The molecule has 2 heteroatoms. The number of hydrogen-bond acceptors (Lipinski definition) is 2. The lowest BCUT2D eigenvalue weighted by atomic mass is 9.87. The van der Waals surface area contributed by atoms with E-state index in [-0.39, 0.29) is 5.54 Å². The highest BCUT2D eigenvalue weighted by atomic mass is 15.2. The summed E-state index contributed by atoms with van der Waals surface area (Å²) in [4.78, 5) is 2.51. The second kappa shape index (κ2) is 7.08. The Hall–Kier alpha value is -0.340. The van der Waals surface area contributed by atoms with Crippen LogP contribution < -0.4 is 5.32 Å². The first-order valence-corrected chi connectivity index (χ1v) is 6.52. The van der Waals surface area contributed by atoms with Crippen molar-refractivity contribution >= 4 is 0 Å². The fourth-order valence-electron chi connectivity index (χ4n) is 2.40. The molecule has 0 rings (SSSR count). The molecule has 1 unspecified atom stereocenters. The summed E-state index contributed by atoms with van der Waals surface area (Å²) in [6, 6.07) is 0.472. The minimum absolute atomic E-state index is 0.177. The number of nitrogens with zero attached hydrogens (tertiary/aromatic N) is 1. The summed E-state index contributed by atoms with van der Waals surface area (Å²) in [6.07, 6.45) is 2.14. The van der Waals surface area contributed by atoms with Gasteiger partial charge in [-0.15, -0.1) is 0 Å². The summed E-state index contributed by atoms with van der Waals surface area (Å²) < 4.78 is 0. The summed E-state index contributed by atoms with van der Waals surface area (Å²) in [5.74, 6) is 0. The molecule has 0 bridgehead atoms. The van der Waals surface area contributed by atoms with Crippen LogP contribution in [0, 0.1) is 0 Å². The van der Waals surface area contributed by atoms with Gasteiger partial charge in [0, 0.05) is 11.6 Å². The Morgan fingerprint density at radius 3 is 2.06 bits per heavy atom. The van der Waals surface area contributed by atoms with Gasteiger partial charge in [0.1, 0.15) is 0 Å². The number of hydrogen-bond donors (Lipinski definition) is 1. The molecule has 0 aromatic heterocycles. The molecule has 0 radical (unpaired) electrons. The van der Waals surface area contributed by atoms with Gasteiger partial charge >= 0.3 is 0 Å². The van der Waals surface area contributed by atoms with E-state index >= 15 is 0 Å². The summed E-state index contributed by atoms with van der Waals surface area (Å²) in [7, 11) is 2.05. The van der Waals surface area contributed by atoms with Crippen LogP contribution in [0.3, 0.4) is 0 Å². The fraction of sp³-hybridized carbons (Fsp3) is 0.857. The van der Waals surface area contributed by atoms with E-state index in [1.807, 2.05) is 0 Å².